The molecule has 2 aromatic rings. The molecule has 0 aromatic heterocycles. The van der Waals surface area contributed by atoms with Gasteiger partial charge in [-0.15, -0.1) is 0 Å². The molecule has 3 heteroatoms. The van der Waals surface area contributed by atoms with Crippen LogP contribution in [0.2, 0.25) is 0 Å². The fourth-order valence-electron chi connectivity index (χ4n) is 2.88. The number of methoxy groups -OCH3 is 1. The van der Waals surface area contributed by atoms with E-state index < -0.39 is 6.10 Å². The first kappa shape index (κ1) is 16.1. The molecule has 1 atom stereocenters. The Morgan fingerprint density at radius 2 is 1.57 bits per heavy atom. The fourth-order valence-corrected chi connectivity index (χ4v) is 3.44. The molecule has 112 valence electrons. The van der Waals surface area contributed by atoms with Crippen LogP contribution in [-0.2, 0) is 0 Å². The lowest BCUT2D eigenvalue weighted by Crippen LogP contribution is -2.09. The topological polar surface area (TPSA) is 29.5 Å². The molecular formula is C18H21BrO2. The van der Waals surface area contributed by atoms with Crippen LogP contribution in [0.3, 0.4) is 0 Å². The largest absolute Gasteiger partial charge is 0.496 e. The highest BCUT2D eigenvalue weighted by molar-refractivity contribution is 9.10. The van der Waals surface area contributed by atoms with E-state index in [-0.39, 0.29) is 0 Å². The number of ether oxygens (including phenoxy) is 1. The van der Waals surface area contributed by atoms with Gasteiger partial charge in [0.2, 0.25) is 0 Å². The normalized spacial score (nSPS) is 12.3. The maximum atomic E-state index is 11.0. The van der Waals surface area contributed by atoms with Crippen LogP contribution in [0.5, 0.6) is 5.75 Å². The summed E-state index contributed by atoms with van der Waals surface area (Å²) in [4.78, 5) is 0. The molecule has 0 heterocycles. The first-order chi connectivity index (χ1) is 9.88. The molecule has 0 amide bonds. The fraction of sp³-hybridized carbons (Fsp3) is 0.333. The zero-order chi connectivity index (χ0) is 15.7. The van der Waals surface area contributed by atoms with Gasteiger partial charge in [0.15, 0.2) is 0 Å². The molecule has 21 heavy (non-hydrogen) atoms. The zero-order valence-electron chi connectivity index (χ0n) is 13.1. The predicted molar refractivity (Wildman–Crippen MR) is 90.1 cm³/mol. The summed E-state index contributed by atoms with van der Waals surface area (Å²) in [5.74, 6) is 0.755. The molecule has 2 aromatic carbocycles. The Balaban J connectivity index is 2.71. The van der Waals surface area contributed by atoms with E-state index in [1.165, 1.54) is 0 Å². The van der Waals surface area contributed by atoms with Crippen LogP contribution < -0.4 is 4.74 Å². The number of hydrogen-bond donors (Lipinski definition) is 1. The second-order valence-corrected chi connectivity index (χ2v) is 6.31. The van der Waals surface area contributed by atoms with Crippen molar-refractivity contribution in [3.63, 3.8) is 0 Å². The molecule has 0 aliphatic rings. The smallest absolute Gasteiger partial charge is 0.128 e. The Labute approximate surface area is 134 Å². The van der Waals surface area contributed by atoms with Crippen LogP contribution in [0.4, 0.5) is 0 Å². The van der Waals surface area contributed by atoms with Crippen LogP contribution in [0.25, 0.3) is 0 Å². The van der Waals surface area contributed by atoms with E-state index in [0.717, 1.165) is 43.6 Å². The van der Waals surface area contributed by atoms with Gasteiger partial charge in [-0.1, -0.05) is 34.1 Å². The Morgan fingerprint density at radius 3 is 2.10 bits per heavy atom. The minimum absolute atomic E-state index is 0.697. The van der Waals surface area contributed by atoms with Crippen molar-refractivity contribution in [3.8, 4) is 5.75 Å². The van der Waals surface area contributed by atoms with Gasteiger partial charge in [0.05, 0.1) is 7.11 Å². The maximum absolute atomic E-state index is 11.0. The highest BCUT2D eigenvalue weighted by Crippen LogP contribution is 2.40. The lowest BCUT2D eigenvalue weighted by molar-refractivity contribution is 0.212. The van der Waals surface area contributed by atoms with Gasteiger partial charge in [-0.25, -0.2) is 0 Å². The van der Waals surface area contributed by atoms with Gasteiger partial charge in [0, 0.05) is 10.0 Å². The summed E-state index contributed by atoms with van der Waals surface area (Å²) in [6, 6.07) is 8.09. The summed E-state index contributed by atoms with van der Waals surface area (Å²) in [5.41, 5.74) is 5.98. The Kier molecular flexibility index (Phi) is 4.74. The van der Waals surface area contributed by atoms with E-state index in [9.17, 15) is 5.11 Å². The van der Waals surface area contributed by atoms with Gasteiger partial charge in [0.1, 0.15) is 11.9 Å². The molecule has 2 rings (SSSR count). The maximum Gasteiger partial charge on any atom is 0.128 e. The third kappa shape index (κ3) is 2.85. The molecule has 0 aliphatic carbocycles. The quantitative estimate of drug-likeness (QED) is 0.865. The lowest BCUT2D eigenvalue weighted by atomic mass is 9.89. The summed E-state index contributed by atoms with van der Waals surface area (Å²) < 4.78 is 6.54. The van der Waals surface area contributed by atoms with Crippen molar-refractivity contribution in [1.82, 2.24) is 0 Å². The summed E-state index contributed by atoms with van der Waals surface area (Å²) in [6.45, 7) is 8.04. The van der Waals surface area contributed by atoms with Gasteiger partial charge in [0.25, 0.3) is 0 Å². The van der Waals surface area contributed by atoms with Gasteiger partial charge >= 0.3 is 0 Å². The van der Waals surface area contributed by atoms with Crippen molar-refractivity contribution in [2.24, 2.45) is 0 Å². The summed E-state index contributed by atoms with van der Waals surface area (Å²) >= 11 is 3.57. The molecule has 0 bridgehead atoms. The standard InChI is InChI=1S/C18H21BrO2/c1-10-7-6-8-11(2)15(10)17(20)16-13(4)14(19)9-12(3)18(16)21-5/h6-9,17,20H,1-5H3. The van der Waals surface area contributed by atoms with Crippen LogP contribution in [0.15, 0.2) is 28.7 Å². The molecule has 0 radical (unpaired) electrons. The molecule has 2 nitrogen and oxygen atoms in total. The zero-order valence-corrected chi connectivity index (χ0v) is 14.7. The molecule has 1 N–H and O–H groups in total. The van der Waals surface area contributed by atoms with Crippen LogP contribution in [-0.4, -0.2) is 12.2 Å². The monoisotopic (exact) mass is 348 g/mol. The Hall–Kier alpha value is -1.32. The van der Waals surface area contributed by atoms with Crippen molar-refractivity contribution >= 4 is 15.9 Å². The van der Waals surface area contributed by atoms with Gasteiger partial charge < -0.3 is 9.84 Å². The van der Waals surface area contributed by atoms with E-state index in [2.05, 4.69) is 15.9 Å². The number of benzene rings is 2. The third-order valence-electron chi connectivity index (χ3n) is 4.00. The highest BCUT2D eigenvalue weighted by Gasteiger charge is 2.23. The van der Waals surface area contributed by atoms with Crippen LogP contribution in [0.1, 0.15) is 39.5 Å². The van der Waals surface area contributed by atoms with Crippen molar-refractivity contribution in [2.75, 3.05) is 7.11 Å². The average Bonchev–Trinajstić information content (AvgIpc) is 2.42. The average molecular weight is 349 g/mol. The van der Waals surface area contributed by atoms with Gasteiger partial charge in [-0.2, -0.15) is 0 Å². The number of aliphatic hydroxyl groups excluding tert-OH is 1. The minimum atomic E-state index is -0.697. The van der Waals surface area contributed by atoms with Gasteiger partial charge in [-0.3, -0.25) is 0 Å². The van der Waals surface area contributed by atoms with Crippen molar-refractivity contribution in [2.45, 2.75) is 33.8 Å². The van der Waals surface area contributed by atoms with Crippen LogP contribution >= 0.6 is 15.9 Å². The Bertz CT molecular complexity index is 657. The number of halogens is 1. The molecule has 0 saturated carbocycles. The highest BCUT2D eigenvalue weighted by atomic mass is 79.9. The molecular weight excluding hydrogens is 328 g/mol. The van der Waals surface area contributed by atoms with E-state index in [0.29, 0.717) is 0 Å². The lowest BCUT2D eigenvalue weighted by Gasteiger charge is -2.23. The molecule has 0 fully saturated rings. The van der Waals surface area contributed by atoms with Crippen molar-refractivity contribution in [3.05, 3.63) is 62.1 Å². The van der Waals surface area contributed by atoms with Crippen LogP contribution in [0, 0.1) is 27.7 Å². The SMILES string of the molecule is COc1c(C)cc(Br)c(C)c1C(O)c1c(C)cccc1C. The first-order valence-corrected chi connectivity index (χ1v) is 7.75. The second kappa shape index (κ2) is 6.20. The summed E-state index contributed by atoms with van der Waals surface area (Å²) in [5, 5.41) is 11.0. The summed E-state index contributed by atoms with van der Waals surface area (Å²) in [6.07, 6.45) is -0.697. The molecule has 0 aliphatic heterocycles. The molecule has 1 unspecified atom stereocenters. The van der Waals surface area contributed by atoms with E-state index >= 15 is 0 Å². The third-order valence-corrected chi connectivity index (χ3v) is 4.83. The van der Waals surface area contributed by atoms with E-state index in [1.54, 1.807) is 7.11 Å². The molecule has 0 saturated heterocycles. The minimum Gasteiger partial charge on any atom is -0.496 e. The summed E-state index contributed by atoms with van der Waals surface area (Å²) in [7, 11) is 1.65. The predicted octanol–water partition coefficient (Wildman–Crippen LogP) is 4.77. The Morgan fingerprint density at radius 1 is 1.00 bits per heavy atom. The number of aliphatic hydroxyl groups is 1. The van der Waals surface area contributed by atoms with Crippen molar-refractivity contribution < 1.29 is 9.84 Å². The number of hydrogen-bond acceptors (Lipinski definition) is 2. The van der Waals surface area contributed by atoms with E-state index in [4.69, 9.17) is 4.74 Å². The first-order valence-electron chi connectivity index (χ1n) is 6.96. The number of aryl methyl sites for hydroxylation is 3. The van der Waals surface area contributed by atoms with E-state index in [1.807, 2.05) is 52.0 Å². The van der Waals surface area contributed by atoms with Gasteiger partial charge in [-0.05, 0) is 61.6 Å². The second-order valence-electron chi connectivity index (χ2n) is 5.46. The number of rotatable bonds is 3. The molecule has 0 spiro atoms. The van der Waals surface area contributed by atoms with Crippen molar-refractivity contribution in [1.29, 1.82) is 0 Å².